The van der Waals surface area contributed by atoms with Crippen molar-refractivity contribution in [2.24, 2.45) is 17.4 Å². The van der Waals surface area contributed by atoms with Gasteiger partial charge in [-0.3, -0.25) is 0 Å². The molecule has 0 fully saturated rings. The lowest BCUT2D eigenvalue weighted by Gasteiger charge is -2.13. The van der Waals surface area contributed by atoms with Crippen LogP contribution in [0.5, 0.6) is 0 Å². The smallest absolute Gasteiger partial charge is 0.00225 e. The zero-order valence-corrected chi connectivity index (χ0v) is 13.1. The molecular formula is C15H36N4. The first-order valence-corrected chi connectivity index (χ1v) is 8.04. The average molecular weight is 272 g/mol. The molecule has 0 aromatic carbocycles. The number of nitrogens with two attached hydrogens (primary N) is 2. The van der Waals surface area contributed by atoms with Gasteiger partial charge in [0.05, 0.1) is 0 Å². The van der Waals surface area contributed by atoms with Crippen LogP contribution in [0, 0.1) is 5.92 Å². The van der Waals surface area contributed by atoms with Crippen molar-refractivity contribution in [2.45, 2.75) is 58.4 Å². The van der Waals surface area contributed by atoms with E-state index in [1.165, 1.54) is 25.7 Å². The molecule has 4 heteroatoms. The molecule has 0 amide bonds. The molecule has 116 valence electrons. The van der Waals surface area contributed by atoms with Gasteiger partial charge in [0.1, 0.15) is 0 Å². The SMILES string of the molecule is CC(N)CCNCCCC(C)CNCCCCCN. The maximum Gasteiger partial charge on any atom is 0.00225 e. The highest BCUT2D eigenvalue weighted by atomic mass is 14.9. The highest BCUT2D eigenvalue weighted by Gasteiger charge is 2.01. The summed E-state index contributed by atoms with van der Waals surface area (Å²) in [5.74, 6) is 0.768. The molecule has 0 bridgehead atoms. The Morgan fingerprint density at radius 3 is 2.26 bits per heavy atom. The fraction of sp³-hybridized carbons (Fsp3) is 1.00. The van der Waals surface area contributed by atoms with Crippen LogP contribution < -0.4 is 22.1 Å². The Kier molecular flexibility index (Phi) is 14.1. The van der Waals surface area contributed by atoms with E-state index in [4.69, 9.17) is 11.5 Å². The van der Waals surface area contributed by atoms with Gasteiger partial charge in [0.25, 0.3) is 0 Å². The van der Waals surface area contributed by atoms with Gasteiger partial charge < -0.3 is 22.1 Å². The summed E-state index contributed by atoms with van der Waals surface area (Å²) >= 11 is 0. The third kappa shape index (κ3) is 15.8. The fourth-order valence-corrected chi connectivity index (χ4v) is 2.05. The molecule has 0 heterocycles. The summed E-state index contributed by atoms with van der Waals surface area (Å²) in [5.41, 5.74) is 11.2. The normalized spacial score (nSPS) is 14.5. The Hall–Kier alpha value is -0.160. The van der Waals surface area contributed by atoms with E-state index in [-0.39, 0.29) is 0 Å². The van der Waals surface area contributed by atoms with E-state index < -0.39 is 0 Å². The second-order valence-corrected chi connectivity index (χ2v) is 5.82. The largest absolute Gasteiger partial charge is 0.330 e. The maximum atomic E-state index is 5.70. The van der Waals surface area contributed by atoms with E-state index in [9.17, 15) is 0 Å². The Labute approximate surface area is 120 Å². The Balaban J connectivity index is 3.14. The van der Waals surface area contributed by atoms with E-state index >= 15 is 0 Å². The van der Waals surface area contributed by atoms with Crippen molar-refractivity contribution < 1.29 is 0 Å². The molecule has 19 heavy (non-hydrogen) atoms. The van der Waals surface area contributed by atoms with Crippen LogP contribution in [0.25, 0.3) is 0 Å². The van der Waals surface area contributed by atoms with Gasteiger partial charge in [-0.15, -0.1) is 0 Å². The Morgan fingerprint density at radius 2 is 1.58 bits per heavy atom. The van der Waals surface area contributed by atoms with Crippen LogP contribution in [0.15, 0.2) is 0 Å². The first-order chi connectivity index (χ1) is 9.16. The van der Waals surface area contributed by atoms with E-state index in [1.807, 2.05) is 0 Å². The van der Waals surface area contributed by atoms with Crippen LogP contribution in [0.3, 0.4) is 0 Å². The van der Waals surface area contributed by atoms with Gasteiger partial charge in [0.2, 0.25) is 0 Å². The van der Waals surface area contributed by atoms with Crippen molar-refractivity contribution >= 4 is 0 Å². The quantitative estimate of drug-likeness (QED) is 0.361. The van der Waals surface area contributed by atoms with E-state index in [2.05, 4.69) is 24.5 Å². The second-order valence-electron chi connectivity index (χ2n) is 5.82. The van der Waals surface area contributed by atoms with Crippen LogP contribution >= 0.6 is 0 Å². The number of nitrogens with one attached hydrogen (secondary N) is 2. The summed E-state index contributed by atoms with van der Waals surface area (Å²) in [6.45, 7) is 9.66. The van der Waals surface area contributed by atoms with Gasteiger partial charge in [0.15, 0.2) is 0 Å². The molecule has 0 radical (unpaired) electrons. The summed E-state index contributed by atoms with van der Waals surface area (Å²) in [6, 6.07) is 0.315. The predicted octanol–water partition coefficient (Wildman–Crippen LogP) is 1.45. The molecule has 4 nitrogen and oxygen atoms in total. The number of unbranched alkanes of at least 4 members (excludes halogenated alkanes) is 2. The van der Waals surface area contributed by atoms with Crippen molar-refractivity contribution in [3.8, 4) is 0 Å². The third-order valence-corrected chi connectivity index (χ3v) is 3.38. The van der Waals surface area contributed by atoms with Gasteiger partial charge >= 0.3 is 0 Å². The lowest BCUT2D eigenvalue weighted by molar-refractivity contribution is 0.450. The summed E-state index contributed by atoms with van der Waals surface area (Å²) in [4.78, 5) is 0. The minimum absolute atomic E-state index is 0.315. The fourth-order valence-electron chi connectivity index (χ4n) is 2.05. The monoisotopic (exact) mass is 272 g/mol. The molecule has 2 unspecified atom stereocenters. The van der Waals surface area contributed by atoms with Gasteiger partial charge in [-0.1, -0.05) is 13.3 Å². The van der Waals surface area contributed by atoms with Crippen molar-refractivity contribution in [1.29, 1.82) is 0 Å². The van der Waals surface area contributed by atoms with Gasteiger partial charge in [-0.25, -0.2) is 0 Å². The summed E-state index contributed by atoms with van der Waals surface area (Å²) in [7, 11) is 0. The molecule has 0 aliphatic rings. The molecule has 0 aromatic rings. The predicted molar refractivity (Wildman–Crippen MR) is 85.3 cm³/mol. The van der Waals surface area contributed by atoms with Gasteiger partial charge in [0, 0.05) is 6.04 Å². The van der Waals surface area contributed by atoms with Crippen LogP contribution in [0.4, 0.5) is 0 Å². The molecule has 0 aliphatic heterocycles. The number of hydrogen-bond donors (Lipinski definition) is 4. The second kappa shape index (κ2) is 14.3. The summed E-state index contributed by atoms with van der Waals surface area (Å²) < 4.78 is 0. The molecule has 2 atom stereocenters. The van der Waals surface area contributed by atoms with Crippen LogP contribution in [-0.2, 0) is 0 Å². The lowest BCUT2D eigenvalue weighted by Crippen LogP contribution is -2.26. The third-order valence-electron chi connectivity index (χ3n) is 3.38. The first kappa shape index (κ1) is 18.8. The average Bonchev–Trinajstić information content (AvgIpc) is 2.37. The van der Waals surface area contributed by atoms with Crippen LogP contribution in [0.2, 0.25) is 0 Å². The molecule has 0 spiro atoms. The zero-order chi connectivity index (χ0) is 14.3. The minimum atomic E-state index is 0.315. The standard InChI is InChI=1S/C15H36N4/c1-14(13-19-10-5-3-4-9-16)7-6-11-18-12-8-15(2)17/h14-15,18-19H,3-13,16-17H2,1-2H3. The van der Waals surface area contributed by atoms with Gasteiger partial charge in [-0.2, -0.15) is 0 Å². The van der Waals surface area contributed by atoms with E-state index in [0.717, 1.165) is 51.5 Å². The highest BCUT2D eigenvalue weighted by molar-refractivity contribution is 4.60. The van der Waals surface area contributed by atoms with Crippen molar-refractivity contribution in [2.75, 3.05) is 32.7 Å². The number of hydrogen-bond acceptors (Lipinski definition) is 4. The topological polar surface area (TPSA) is 76.1 Å². The molecule has 0 saturated heterocycles. The molecule has 0 aromatic heterocycles. The maximum absolute atomic E-state index is 5.70. The lowest BCUT2D eigenvalue weighted by atomic mass is 10.1. The molecule has 0 saturated carbocycles. The van der Waals surface area contributed by atoms with E-state index in [0.29, 0.717) is 6.04 Å². The summed E-state index contributed by atoms with van der Waals surface area (Å²) in [5, 5.41) is 6.98. The van der Waals surface area contributed by atoms with Gasteiger partial charge in [-0.05, 0) is 77.7 Å². The molecule has 6 N–H and O–H groups in total. The highest BCUT2D eigenvalue weighted by Crippen LogP contribution is 2.03. The molecular weight excluding hydrogens is 236 g/mol. The van der Waals surface area contributed by atoms with Crippen LogP contribution in [-0.4, -0.2) is 38.8 Å². The molecule has 0 rings (SSSR count). The van der Waals surface area contributed by atoms with Crippen molar-refractivity contribution in [3.05, 3.63) is 0 Å². The molecule has 0 aliphatic carbocycles. The zero-order valence-electron chi connectivity index (χ0n) is 13.1. The Morgan fingerprint density at radius 1 is 0.842 bits per heavy atom. The van der Waals surface area contributed by atoms with Crippen LogP contribution in [0.1, 0.15) is 52.4 Å². The summed E-state index contributed by atoms with van der Waals surface area (Å²) in [6.07, 6.45) is 7.28. The Bertz CT molecular complexity index is 174. The van der Waals surface area contributed by atoms with Crippen molar-refractivity contribution in [1.82, 2.24) is 10.6 Å². The number of rotatable bonds is 14. The first-order valence-electron chi connectivity index (χ1n) is 8.04. The van der Waals surface area contributed by atoms with Crippen molar-refractivity contribution in [3.63, 3.8) is 0 Å². The minimum Gasteiger partial charge on any atom is -0.330 e. The van der Waals surface area contributed by atoms with E-state index in [1.54, 1.807) is 0 Å².